The van der Waals surface area contributed by atoms with E-state index in [1.807, 2.05) is 6.08 Å². The summed E-state index contributed by atoms with van der Waals surface area (Å²) in [5.74, 6) is 3.96. The third-order valence-corrected chi connectivity index (χ3v) is 7.09. The number of ether oxygens (including phenoxy) is 1. The zero-order chi connectivity index (χ0) is 15.9. The highest BCUT2D eigenvalue weighted by Gasteiger charge is 2.32. The topological polar surface area (TPSA) is 9.23 Å². The highest BCUT2D eigenvalue weighted by molar-refractivity contribution is 4.86. The van der Waals surface area contributed by atoms with E-state index in [1.165, 1.54) is 89.9 Å². The molecule has 1 aliphatic heterocycles. The van der Waals surface area contributed by atoms with Gasteiger partial charge in [0.15, 0.2) is 0 Å². The minimum Gasteiger partial charge on any atom is -0.374 e. The SMILES string of the molecule is C=CC1CCC(CCC(C2CCCCC2)C2CCCCC2)CO1. The van der Waals surface area contributed by atoms with Gasteiger partial charge in [-0.25, -0.2) is 0 Å². The Kier molecular flexibility index (Phi) is 7.05. The Morgan fingerprint density at radius 1 is 0.826 bits per heavy atom. The second-order valence-electron chi connectivity index (χ2n) is 8.59. The van der Waals surface area contributed by atoms with E-state index < -0.39 is 0 Å². The third kappa shape index (κ3) is 5.08. The van der Waals surface area contributed by atoms with Crippen molar-refractivity contribution in [2.45, 2.75) is 96.0 Å². The molecule has 3 rings (SSSR count). The van der Waals surface area contributed by atoms with Gasteiger partial charge >= 0.3 is 0 Å². The van der Waals surface area contributed by atoms with E-state index in [4.69, 9.17) is 4.74 Å². The fourth-order valence-corrected chi connectivity index (χ4v) is 5.65. The number of hydrogen-bond acceptors (Lipinski definition) is 1. The minimum atomic E-state index is 0.332. The van der Waals surface area contributed by atoms with Gasteiger partial charge in [-0.2, -0.15) is 0 Å². The summed E-state index contributed by atoms with van der Waals surface area (Å²) in [6.45, 7) is 4.87. The monoisotopic (exact) mass is 318 g/mol. The second-order valence-corrected chi connectivity index (χ2v) is 8.59. The van der Waals surface area contributed by atoms with Gasteiger partial charge in [0.25, 0.3) is 0 Å². The molecule has 0 aromatic rings. The number of hydrogen-bond donors (Lipinski definition) is 0. The first kappa shape index (κ1) is 17.5. The van der Waals surface area contributed by atoms with E-state index in [0.717, 1.165) is 30.3 Å². The van der Waals surface area contributed by atoms with Crippen molar-refractivity contribution in [3.63, 3.8) is 0 Å². The van der Waals surface area contributed by atoms with Crippen molar-refractivity contribution < 1.29 is 4.74 Å². The molecule has 0 radical (unpaired) electrons. The van der Waals surface area contributed by atoms with Crippen LogP contribution in [0, 0.1) is 23.7 Å². The first-order valence-electron chi connectivity index (χ1n) is 10.6. The average Bonchev–Trinajstić information content (AvgIpc) is 2.64. The molecule has 0 bridgehead atoms. The lowest BCUT2D eigenvalue weighted by Crippen LogP contribution is -2.29. The molecule has 0 aromatic heterocycles. The van der Waals surface area contributed by atoms with Crippen LogP contribution in [0.1, 0.15) is 89.9 Å². The molecule has 2 aliphatic carbocycles. The maximum absolute atomic E-state index is 5.94. The molecule has 1 saturated heterocycles. The van der Waals surface area contributed by atoms with Crippen molar-refractivity contribution in [1.29, 1.82) is 0 Å². The summed E-state index contributed by atoms with van der Waals surface area (Å²) in [5.41, 5.74) is 0. The van der Waals surface area contributed by atoms with Crippen LogP contribution in [0.4, 0.5) is 0 Å². The van der Waals surface area contributed by atoms with Crippen molar-refractivity contribution >= 4 is 0 Å². The molecule has 0 aromatic carbocycles. The molecule has 1 nitrogen and oxygen atoms in total. The van der Waals surface area contributed by atoms with Crippen LogP contribution in [0.25, 0.3) is 0 Å². The Balaban J connectivity index is 1.51. The Hall–Kier alpha value is -0.300. The van der Waals surface area contributed by atoms with Crippen LogP contribution in [-0.2, 0) is 4.74 Å². The van der Waals surface area contributed by atoms with Crippen LogP contribution in [-0.4, -0.2) is 12.7 Å². The van der Waals surface area contributed by atoms with Gasteiger partial charge in [0.1, 0.15) is 0 Å². The minimum absolute atomic E-state index is 0.332. The summed E-state index contributed by atoms with van der Waals surface area (Å²) < 4.78 is 5.94. The third-order valence-electron chi connectivity index (χ3n) is 7.09. The molecule has 0 N–H and O–H groups in total. The van der Waals surface area contributed by atoms with Crippen LogP contribution in [0.5, 0.6) is 0 Å². The first-order chi connectivity index (χ1) is 11.4. The molecule has 0 amide bonds. The molecular weight excluding hydrogens is 280 g/mol. The van der Waals surface area contributed by atoms with E-state index in [2.05, 4.69) is 6.58 Å². The Morgan fingerprint density at radius 3 is 1.91 bits per heavy atom. The quantitative estimate of drug-likeness (QED) is 0.506. The summed E-state index contributed by atoms with van der Waals surface area (Å²) in [5, 5.41) is 0. The van der Waals surface area contributed by atoms with E-state index >= 15 is 0 Å². The second kappa shape index (κ2) is 9.25. The Labute approximate surface area is 144 Å². The molecule has 2 unspecified atom stereocenters. The first-order valence-corrected chi connectivity index (χ1v) is 10.6. The molecule has 23 heavy (non-hydrogen) atoms. The van der Waals surface area contributed by atoms with Crippen LogP contribution < -0.4 is 0 Å². The van der Waals surface area contributed by atoms with Crippen molar-refractivity contribution in [2.24, 2.45) is 23.7 Å². The normalized spacial score (nSPS) is 31.3. The summed E-state index contributed by atoms with van der Waals surface area (Å²) in [6.07, 6.45) is 22.9. The van der Waals surface area contributed by atoms with Crippen molar-refractivity contribution in [2.75, 3.05) is 6.61 Å². The summed E-state index contributed by atoms with van der Waals surface area (Å²) in [6, 6.07) is 0. The Bertz CT molecular complexity index is 312. The van der Waals surface area contributed by atoms with Gasteiger partial charge in [0.05, 0.1) is 12.7 Å². The zero-order valence-corrected chi connectivity index (χ0v) is 15.2. The van der Waals surface area contributed by atoms with E-state index in [0.29, 0.717) is 6.10 Å². The summed E-state index contributed by atoms with van der Waals surface area (Å²) in [7, 11) is 0. The fourth-order valence-electron chi connectivity index (χ4n) is 5.65. The van der Waals surface area contributed by atoms with Gasteiger partial charge in [-0.1, -0.05) is 70.3 Å². The van der Waals surface area contributed by atoms with Crippen molar-refractivity contribution in [3.8, 4) is 0 Å². The molecule has 2 atom stereocenters. The van der Waals surface area contributed by atoms with Crippen LogP contribution in [0.2, 0.25) is 0 Å². The predicted molar refractivity (Wildman–Crippen MR) is 98.5 cm³/mol. The molecule has 3 fully saturated rings. The van der Waals surface area contributed by atoms with Crippen LogP contribution in [0.3, 0.4) is 0 Å². The van der Waals surface area contributed by atoms with Crippen molar-refractivity contribution in [1.82, 2.24) is 0 Å². The van der Waals surface area contributed by atoms with Gasteiger partial charge in [-0.15, -0.1) is 6.58 Å². The van der Waals surface area contributed by atoms with E-state index in [1.54, 1.807) is 0 Å². The number of rotatable bonds is 6. The average molecular weight is 319 g/mol. The molecule has 2 saturated carbocycles. The summed E-state index contributed by atoms with van der Waals surface area (Å²) >= 11 is 0. The predicted octanol–water partition coefficient (Wildman–Crippen LogP) is 6.52. The zero-order valence-electron chi connectivity index (χ0n) is 15.2. The lowest BCUT2D eigenvalue weighted by atomic mass is 9.67. The van der Waals surface area contributed by atoms with Gasteiger partial charge in [-0.3, -0.25) is 0 Å². The lowest BCUT2D eigenvalue weighted by Gasteiger charge is -2.39. The standard InChI is InChI=1S/C22H38O/c1-2-21-15-13-18(17-23-21)14-16-22(19-9-5-3-6-10-19)20-11-7-4-8-12-20/h2,18-22H,1,3-17H2. The highest BCUT2D eigenvalue weighted by atomic mass is 16.5. The van der Waals surface area contributed by atoms with Gasteiger partial charge in [0, 0.05) is 0 Å². The van der Waals surface area contributed by atoms with Crippen LogP contribution in [0.15, 0.2) is 12.7 Å². The van der Waals surface area contributed by atoms with Gasteiger partial charge in [0.2, 0.25) is 0 Å². The van der Waals surface area contributed by atoms with Crippen molar-refractivity contribution in [3.05, 3.63) is 12.7 Å². The van der Waals surface area contributed by atoms with Gasteiger partial charge in [-0.05, 0) is 49.4 Å². The van der Waals surface area contributed by atoms with E-state index in [-0.39, 0.29) is 0 Å². The lowest BCUT2D eigenvalue weighted by molar-refractivity contribution is 0.00364. The molecule has 3 aliphatic rings. The molecule has 132 valence electrons. The molecule has 1 heterocycles. The van der Waals surface area contributed by atoms with E-state index in [9.17, 15) is 0 Å². The Morgan fingerprint density at radius 2 is 1.43 bits per heavy atom. The largest absolute Gasteiger partial charge is 0.374 e. The smallest absolute Gasteiger partial charge is 0.0753 e. The maximum Gasteiger partial charge on any atom is 0.0753 e. The summed E-state index contributed by atoms with van der Waals surface area (Å²) in [4.78, 5) is 0. The van der Waals surface area contributed by atoms with Crippen LogP contribution >= 0.6 is 0 Å². The maximum atomic E-state index is 5.94. The highest BCUT2D eigenvalue weighted by Crippen LogP contribution is 2.43. The molecule has 1 heteroatoms. The van der Waals surface area contributed by atoms with Gasteiger partial charge < -0.3 is 4.74 Å². The molecule has 0 spiro atoms. The molecular formula is C22H38O. The fraction of sp³-hybridized carbons (Fsp3) is 0.909.